The minimum Gasteiger partial charge on any atom is -0.496 e. The number of hydrogen-bond acceptors (Lipinski definition) is 7. The Morgan fingerprint density at radius 1 is 1.33 bits per heavy atom. The van der Waals surface area contributed by atoms with Crippen molar-refractivity contribution in [1.82, 2.24) is 29.7 Å². The van der Waals surface area contributed by atoms with Crippen LogP contribution in [-0.4, -0.2) is 66.0 Å². The Balaban J connectivity index is 1.67. The smallest absolute Gasteiger partial charge is 0.271 e. The lowest BCUT2D eigenvalue weighted by Gasteiger charge is -2.30. The van der Waals surface area contributed by atoms with Crippen LogP contribution in [0.4, 0.5) is 0 Å². The van der Waals surface area contributed by atoms with Crippen LogP contribution in [0.15, 0.2) is 18.2 Å². The lowest BCUT2D eigenvalue weighted by molar-refractivity contribution is 0.0667. The van der Waals surface area contributed by atoms with Gasteiger partial charge in [0, 0.05) is 25.1 Å². The van der Waals surface area contributed by atoms with E-state index in [9.17, 15) is 15.2 Å². The van der Waals surface area contributed by atoms with E-state index in [2.05, 4.69) is 39.9 Å². The number of fused-ring (bicyclic) bond motifs is 3. The maximum Gasteiger partial charge on any atom is 0.271 e. The normalized spacial score (nSPS) is 20.8. The van der Waals surface area contributed by atoms with Crippen molar-refractivity contribution in [1.29, 1.82) is 5.26 Å². The van der Waals surface area contributed by atoms with Crippen molar-refractivity contribution >= 4 is 5.91 Å². The third kappa shape index (κ3) is 3.84. The molecule has 0 aliphatic carbocycles. The van der Waals surface area contributed by atoms with E-state index in [0.29, 0.717) is 29.7 Å². The summed E-state index contributed by atoms with van der Waals surface area (Å²) in [6, 6.07) is 8.28. The van der Waals surface area contributed by atoms with Crippen molar-refractivity contribution in [3.63, 3.8) is 0 Å². The van der Waals surface area contributed by atoms with E-state index in [0.717, 1.165) is 40.8 Å². The number of tetrazole rings is 1. The zero-order chi connectivity index (χ0) is 25.8. The van der Waals surface area contributed by atoms with Gasteiger partial charge in [0.25, 0.3) is 5.91 Å². The van der Waals surface area contributed by atoms with Crippen molar-refractivity contribution in [3.8, 4) is 34.5 Å². The molecule has 4 heterocycles. The number of nitrogens with zero attached hydrogens (tertiary/aromatic N) is 7. The summed E-state index contributed by atoms with van der Waals surface area (Å²) in [6.07, 6.45) is 1.06. The minimum absolute atomic E-state index is 0.152. The standard InChI is InChI=1S/C26H31N7O3/c1-15(2)8-17-9-21(25(35)33-13-18(34)12-26(33,3)14-27)32-7-6-16-10-22(36-5)20(11-19(16)23(17)32)24-28-30-31(4)29-24/h9-11,15,18,34H,6-8,12-13H2,1-5H3/t18-,26?/m0/s1. The van der Waals surface area contributed by atoms with E-state index < -0.39 is 11.6 Å². The Labute approximate surface area is 210 Å². The van der Waals surface area contributed by atoms with E-state index in [1.807, 2.05) is 18.2 Å². The number of carbonyl (C=O) groups excluding carboxylic acids is 1. The first-order chi connectivity index (χ1) is 17.1. The maximum absolute atomic E-state index is 13.8. The zero-order valence-electron chi connectivity index (χ0n) is 21.3. The number of amides is 1. The maximum atomic E-state index is 13.8. The van der Waals surface area contributed by atoms with Gasteiger partial charge >= 0.3 is 0 Å². The number of benzene rings is 1. The van der Waals surface area contributed by atoms with Crippen LogP contribution in [0.2, 0.25) is 0 Å². The fourth-order valence-corrected chi connectivity index (χ4v) is 5.54. The van der Waals surface area contributed by atoms with Gasteiger partial charge in [0.05, 0.1) is 37.6 Å². The van der Waals surface area contributed by atoms with E-state index in [4.69, 9.17) is 4.74 Å². The zero-order valence-corrected chi connectivity index (χ0v) is 21.3. The molecule has 1 saturated heterocycles. The molecule has 0 radical (unpaired) electrons. The molecule has 5 rings (SSSR count). The molecular weight excluding hydrogens is 458 g/mol. The summed E-state index contributed by atoms with van der Waals surface area (Å²) >= 11 is 0. The molecule has 1 N–H and O–H groups in total. The van der Waals surface area contributed by atoms with Crippen LogP contribution < -0.4 is 4.74 Å². The minimum atomic E-state index is -1.04. The number of aryl methyl sites for hydroxylation is 2. The first-order valence-corrected chi connectivity index (χ1v) is 12.2. The van der Waals surface area contributed by atoms with E-state index in [-0.39, 0.29) is 18.9 Å². The summed E-state index contributed by atoms with van der Waals surface area (Å²) in [5.41, 5.74) is 4.48. The van der Waals surface area contributed by atoms with Crippen molar-refractivity contribution in [2.24, 2.45) is 13.0 Å². The predicted molar refractivity (Wildman–Crippen MR) is 132 cm³/mol. The third-order valence-corrected chi connectivity index (χ3v) is 7.17. The Kier molecular flexibility index (Phi) is 5.83. The van der Waals surface area contributed by atoms with Crippen LogP contribution >= 0.6 is 0 Å². The van der Waals surface area contributed by atoms with Crippen LogP contribution in [0.5, 0.6) is 5.75 Å². The molecular formula is C26H31N7O3. The number of aromatic nitrogens is 5. The molecule has 3 aromatic rings. The third-order valence-electron chi connectivity index (χ3n) is 7.17. The van der Waals surface area contributed by atoms with Crippen LogP contribution in [-0.2, 0) is 26.4 Å². The molecule has 2 aromatic heterocycles. The van der Waals surface area contributed by atoms with Gasteiger partial charge in [-0.1, -0.05) is 13.8 Å². The van der Waals surface area contributed by atoms with E-state index >= 15 is 0 Å². The summed E-state index contributed by atoms with van der Waals surface area (Å²) < 4.78 is 7.75. The quantitative estimate of drug-likeness (QED) is 0.584. The molecule has 1 aromatic carbocycles. The molecule has 188 valence electrons. The molecule has 1 fully saturated rings. The Morgan fingerprint density at radius 3 is 2.75 bits per heavy atom. The van der Waals surface area contributed by atoms with Crippen LogP contribution in [0.1, 0.15) is 48.8 Å². The number of β-amino-alcohol motifs (C(OH)–C–C–N with tert-alkyl or cyclic N) is 1. The summed E-state index contributed by atoms with van der Waals surface area (Å²) in [7, 11) is 3.35. The number of methoxy groups -OCH3 is 1. The van der Waals surface area contributed by atoms with Gasteiger partial charge in [-0.05, 0) is 60.2 Å². The number of aliphatic hydroxyl groups is 1. The van der Waals surface area contributed by atoms with Gasteiger partial charge in [-0.2, -0.15) is 10.1 Å². The molecule has 10 heteroatoms. The second-order valence-electron chi connectivity index (χ2n) is 10.4. The van der Waals surface area contributed by atoms with Crippen molar-refractivity contribution in [3.05, 3.63) is 35.0 Å². The summed E-state index contributed by atoms with van der Waals surface area (Å²) in [6.45, 7) is 6.81. The summed E-state index contributed by atoms with van der Waals surface area (Å²) in [5, 5.41) is 32.6. The van der Waals surface area contributed by atoms with Crippen LogP contribution in [0.25, 0.3) is 22.6 Å². The Hall–Kier alpha value is -3.71. The average Bonchev–Trinajstić information content (AvgIpc) is 3.52. The number of rotatable bonds is 5. The number of carbonyl (C=O) groups is 1. The van der Waals surface area contributed by atoms with Crippen molar-refractivity contribution in [2.75, 3.05) is 13.7 Å². The summed E-state index contributed by atoms with van der Waals surface area (Å²) in [4.78, 5) is 16.8. The fraction of sp³-hybridized carbons (Fsp3) is 0.500. The number of hydrogen-bond donors (Lipinski definition) is 1. The van der Waals surface area contributed by atoms with Gasteiger partial charge < -0.3 is 19.3 Å². The molecule has 2 aliphatic heterocycles. The second-order valence-corrected chi connectivity index (χ2v) is 10.4. The predicted octanol–water partition coefficient (Wildman–Crippen LogP) is 2.60. The molecule has 0 saturated carbocycles. The number of aliphatic hydroxyl groups excluding tert-OH is 1. The summed E-state index contributed by atoms with van der Waals surface area (Å²) in [5.74, 6) is 1.31. The lowest BCUT2D eigenvalue weighted by Crippen LogP contribution is -2.44. The molecule has 0 spiro atoms. The van der Waals surface area contributed by atoms with Gasteiger partial charge in [0.1, 0.15) is 17.0 Å². The van der Waals surface area contributed by atoms with Gasteiger partial charge in [0.15, 0.2) is 0 Å². The van der Waals surface area contributed by atoms with Gasteiger partial charge in [0.2, 0.25) is 5.82 Å². The highest BCUT2D eigenvalue weighted by Crippen LogP contribution is 2.42. The fourth-order valence-electron chi connectivity index (χ4n) is 5.54. The highest BCUT2D eigenvalue weighted by Gasteiger charge is 2.46. The first-order valence-electron chi connectivity index (χ1n) is 12.2. The molecule has 2 atom stereocenters. The number of ether oxygens (including phenoxy) is 1. The number of nitriles is 1. The first kappa shape index (κ1) is 24.0. The molecule has 1 amide bonds. The molecule has 2 aliphatic rings. The lowest BCUT2D eigenvalue weighted by atomic mass is 9.91. The highest BCUT2D eigenvalue weighted by molar-refractivity contribution is 5.96. The largest absolute Gasteiger partial charge is 0.496 e. The van der Waals surface area contributed by atoms with Crippen molar-refractivity contribution < 1.29 is 14.6 Å². The number of likely N-dealkylation sites (tertiary alicyclic amines) is 1. The van der Waals surface area contributed by atoms with Gasteiger partial charge in [-0.3, -0.25) is 4.79 Å². The monoisotopic (exact) mass is 489 g/mol. The topological polar surface area (TPSA) is 122 Å². The highest BCUT2D eigenvalue weighted by atomic mass is 16.5. The molecule has 0 bridgehead atoms. The van der Waals surface area contributed by atoms with Gasteiger partial charge in [-0.15, -0.1) is 10.2 Å². The average molecular weight is 490 g/mol. The second kappa shape index (κ2) is 8.75. The van der Waals surface area contributed by atoms with Crippen molar-refractivity contribution in [2.45, 2.75) is 58.2 Å². The molecule has 1 unspecified atom stereocenters. The van der Waals surface area contributed by atoms with E-state index in [1.54, 1.807) is 21.1 Å². The van der Waals surface area contributed by atoms with Gasteiger partial charge in [-0.25, -0.2) is 0 Å². The van der Waals surface area contributed by atoms with Crippen LogP contribution in [0, 0.1) is 17.2 Å². The molecule has 36 heavy (non-hydrogen) atoms. The Bertz CT molecular complexity index is 1380. The van der Waals surface area contributed by atoms with E-state index in [1.165, 1.54) is 9.70 Å². The van der Waals surface area contributed by atoms with Crippen LogP contribution in [0.3, 0.4) is 0 Å². The SMILES string of the molecule is COc1cc2c(cc1-c1nnn(C)n1)-c1c(CC(C)C)cc(C(=O)N3C[C@@H](O)CC3(C)C#N)n1CC2. The Morgan fingerprint density at radius 2 is 2.11 bits per heavy atom. The molecule has 10 nitrogen and oxygen atoms in total.